The molecule has 116 valence electrons. The topological polar surface area (TPSA) is 58.4 Å². The van der Waals surface area contributed by atoms with Crippen LogP contribution < -0.4 is 11.3 Å². The molecule has 4 nitrogen and oxygen atoms in total. The molecule has 0 radical (unpaired) electrons. The first-order valence-electron chi connectivity index (χ1n) is 7.31. The van der Waals surface area contributed by atoms with Gasteiger partial charge in [-0.05, 0) is 37.3 Å². The maximum Gasteiger partial charge on any atom is 0.254 e. The Labute approximate surface area is 123 Å². The molecule has 0 aliphatic carbocycles. The second-order valence-corrected chi connectivity index (χ2v) is 5.46. The van der Waals surface area contributed by atoms with E-state index >= 15 is 0 Å². The van der Waals surface area contributed by atoms with Crippen LogP contribution in [0.4, 0.5) is 14.5 Å². The van der Waals surface area contributed by atoms with Crippen LogP contribution in [0.25, 0.3) is 0 Å². The second kappa shape index (κ2) is 6.85. The van der Waals surface area contributed by atoms with Gasteiger partial charge in [-0.25, -0.2) is 8.78 Å². The maximum absolute atomic E-state index is 13.7. The number of hydrogen-bond donors (Lipinski definition) is 2. The van der Waals surface area contributed by atoms with Crippen LogP contribution >= 0.6 is 0 Å². The molecule has 1 atom stereocenters. The number of nitrogen functional groups attached to an aromatic ring is 1. The summed E-state index contributed by atoms with van der Waals surface area (Å²) in [5.41, 5.74) is 1.56. The minimum atomic E-state index is -0.859. The van der Waals surface area contributed by atoms with Crippen molar-refractivity contribution in [2.24, 2.45) is 11.8 Å². The molecule has 0 spiro atoms. The van der Waals surface area contributed by atoms with Crippen LogP contribution in [-0.2, 0) is 0 Å². The summed E-state index contributed by atoms with van der Waals surface area (Å²) in [6.45, 7) is 3.42. The third-order valence-electron chi connectivity index (χ3n) is 4.15. The number of benzene rings is 1. The number of rotatable bonds is 3. The average molecular weight is 297 g/mol. The number of nitrogens with zero attached hydrogens (tertiary/aromatic N) is 1. The minimum absolute atomic E-state index is 0.0268. The predicted octanol–water partition coefficient (Wildman–Crippen LogP) is 2.90. The van der Waals surface area contributed by atoms with E-state index in [1.54, 1.807) is 4.90 Å². The molecule has 0 aromatic heterocycles. The largest absolute Gasteiger partial charge is 0.339 e. The molecular weight excluding hydrogens is 276 g/mol. The zero-order valence-corrected chi connectivity index (χ0v) is 12.2. The Kier molecular flexibility index (Phi) is 5.12. The van der Waals surface area contributed by atoms with Crippen LogP contribution in [-0.4, -0.2) is 23.9 Å². The molecule has 1 saturated heterocycles. The third-order valence-corrected chi connectivity index (χ3v) is 4.15. The predicted molar refractivity (Wildman–Crippen MR) is 77.7 cm³/mol. The molecule has 1 unspecified atom stereocenters. The van der Waals surface area contributed by atoms with Gasteiger partial charge in [0.05, 0.1) is 0 Å². The van der Waals surface area contributed by atoms with Crippen molar-refractivity contribution in [1.82, 2.24) is 4.90 Å². The van der Waals surface area contributed by atoms with Gasteiger partial charge in [-0.1, -0.05) is 13.3 Å². The van der Waals surface area contributed by atoms with Gasteiger partial charge in [0.15, 0.2) is 11.6 Å². The molecule has 1 aromatic carbocycles. The van der Waals surface area contributed by atoms with E-state index in [9.17, 15) is 13.6 Å². The smallest absolute Gasteiger partial charge is 0.254 e. The fraction of sp³-hybridized carbons (Fsp3) is 0.533. The van der Waals surface area contributed by atoms with Gasteiger partial charge in [0.1, 0.15) is 5.69 Å². The molecule has 2 rings (SSSR count). The van der Waals surface area contributed by atoms with Crippen molar-refractivity contribution in [3.63, 3.8) is 0 Å². The Morgan fingerprint density at radius 3 is 2.57 bits per heavy atom. The summed E-state index contributed by atoms with van der Waals surface area (Å²) in [6.07, 6.45) is 4.06. The second-order valence-electron chi connectivity index (χ2n) is 5.46. The van der Waals surface area contributed by atoms with Gasteiger partial charge in [0.2, 0.25) is 0 Å². The van der Waals surface area contributed by atoms with Crippen molar-refractivity contribution >= 4 is 11.6 Å². The number of hydrazine groups is 1. The molecule has 1 aromatic rings. The van der Waals surface area contributed by atoms with Gasteiger partial charge in [-0.2, -0.15) is 0 Å². The molecule has 3 N–H and O–H groups in total. The van der Waals surface area contributed by atoms with Gasteiger partial charge in [-0.15, -0.1) is 0 Å². The highest BCUT2D eigenvalue weighted by atomic mass is 19.1. The van der Waals surface area contributed by atoms with Crippen molar-refractivity contribution in [1.29, 1.82) is 0 Å². The highest BCUT2D eigenvalue weighted by Crippen LogP contribution is 2.24. The van der Waals surface area contributed by atoms with Crippen molar-refractivity contribution in [3.8, 4) is 0 Å². The fourth-order valence-electron chi connectivity index (χ4n) is 2.79. The SMILES string of the molecule is CCC1CCCN(C(=O)c2cc(F)c(NN)c(F)c2)CC1. The van der Waals surface area contributed by atoms with E-state index in [-0.39, 0.29) is 11.5 Å². The monoisotopic (exact) mass is 297 g/mol. The summed E-state index contributed by atoms with van der Waals surface area (Å²) in [6, 6.07) is 2.06. The van der Waals surface area contributed by atoms with Crippen molar-refractivity contribution in [3.05, 3.63) is 29.3 Å². The van der Waals surface area contributed by atoms with Crippen molar-refractivity contribution in [2.75, 3.05) is 18.5 Å². The van der Waals surface area contributed by atoms with E-state index in [2.05, 4.69) is 6.92 Å². The number of halogens is 2. The average Bonchev–Trinajstić information content (AvgIpc) is 2.71. The van der Waals surface area contributed by atoms with Crippen LogP contribution in [0.3, 0.4) is 0 Å². The third kappa shape index (κ3) is 3.50. The number of amides is 1. The number of carbonyl (C=O) groups is 1. The van der Waals surface area contributed by atoms with E-state index < -0.39 is 17.3 Å². The van der Waals surface area contributed by atoms with Gasteiger partial charge in [0, 0.05) is 18.7 Å². The van der Waals surface area contributed by atoms with Crippen LogP contribution in [0.15, 0.2) is 12.1 Å². The van der Waals surface area contributed by atoms with E-state index in [0.717, 1.165) is 37.8 Å². The van der Waals surface area contributed by atoms with E-state index in [1.165, 1.54) is 0 Å². The quantitative estimate of drug-likeness (QED) is 0.666. The van der Waals surface area contributed by atoms with Crippen molar-refractivity contribution < 1.29 is 13.6 Å². The Bertz CT molecular complexity index is 499. The lowest BCUT2D eigenvalue weighted by molar-refractivity contribution is 0.0759. The lowest BCUT2D eigenvalue weighted by Gasteiger charge is -2.21. The maximum atomic E-state index is 13.7. The van der Waals surface area contributed by atoms with E-state index in [0.29, 0.717) is 19.0 Å². The van der Waals surface area contributed by atoms with Gasteiger partial charge >= 0.3 is 0 Å². The van der Waals surface area contributed by atoms with Crippen molar-refractivity contribution in [2.45, 2.75) is 32.6 Å². The Morgan fingerprint density at radius 1 is 1.33 bits per heavy atom. The lowest BCUT2D eigenvalue weighted by Crippen LogP contribution is -2.32. The number of carbonyl (C=O) groups excluding carboxylic acids is 1. The molecule has 1 aliphatic heterocycles. The molecule has 0 bridgehead atoms. The zero-order chi connectivity index (χ0) is 15.4. The molecule has 1 amide bonds. The van der Waals surface area contributed by atoms with Crippen LogP contribution in [0.5, 0.6) is 0 Å². The Balaban J connectivity index is 2.16. The standard InChI is InChI=1S/C15H21F2N3O/c1-2-10-4-3-6-20(7-5-10)15(21)11-8-12(16)14(19-18)13(17)9-11/h8-10,19H,2-7,18H2,1H3. The molecule has 6 heteroatoms. The van der Waals surface area contributed by atoms with E-state index in [4.69, 9.17) is 5.84 Å². The highest BCUT2D eigenvalue weighted by Gasteiger charge is 2.22. The summed E-state index contributed by atoms with van der Waals surface area (Å²) in [5.74, 6) is 3.63. The number of likely N-dealkylation sites (tertiary alicyclic amines) is 1. The zero-order valence-electron chi connectivity index (χ0n) is 12.2. The molecule has 1 aliphatic rings. The lowest BCUT2D eigenvalue weighted by atomic mass is 9.98. The number of hydrogen-bond acceptors (Lipinski definition) is 3. The first-order valence-corrected chi connectivity index (χ1v) is 7.31. The molecule has 0 saturated carbocycles. The minimum Gasteiger partial charge on any atom is -0.339 e. The van der Waals surface area contributed by atoms with Gasteiger partial charge < -0.3 is 10.3 Å². The Morgan fingerprint density at radius 2 is 2.00 bits per heavy atom. The molecule has 1 fully saturated rings. The Hall–Kier alpha value is -1.69. The van der Waals surface area contributed by atoms with Gasteiger partial charge in [-0.3, -0.25) is 10.6 Å². The summed E-state index contributed by atoms with van der Waals surface area (Å²) in [4.78, 5) is 14.1. The summed E-state index contributed by atoms with van der Waals surface area (Å²) >= 11 is 0. The molecule has 1 heterocycles. The first kappa shape index (κ1) is 15.7. The highest BCUT2D eigenvalue weighted by molar-refractivity contribution is 5.94. The normalized spacial score (nSPS) is 19.2. The number of nitrogens with one attached hydrogen (secondary N) is 1. The van der Waals surface area contributed by atoms with Gasteiger partial charge in [0.25, 0.3) is 5.91 Å². The van der Waals surface area contributed by atoms with Crippen LogP contribution in [0, 0.1) is 17.6 Å². The van der Waals surface area contributed by atoms with E-state index in [1.807, 2.05) is 5.43 Å². The summed E-state index contributed by atoms with van der Waals surface area (Å²) in [7, 11) is 0. The molecule has 21 heavy (non-hydrogen) atoms. The molecular formula is C15H21F2N3O. The number of anilines is 1. The fourth-order valence-corrected chi connectivity index (χ4v) is 2.79. The first-order chi connectivity index (χ1) is 10.1. The summed E-state index contributed by atoms with van der Waals surface area (Å²) < 4.78 is 27.4. The van der Waals surface area contributed by atoms with Crippen LogP contribution in [0.2, 0.25) is 0 Å². The van der Waals surface area contributed by atoms with Crippen LogP contribution in [0.1, 0.15) is 43.0 Å². The summed E-state index contributed by atoms with van der Waals surface area (Å²) in [5, 5.41) is 0. The number of nitrogens with two attached hydrogens (primary N) is 1.